The lowest BCUT2D eigenvalue weighted by Gasteiger charge is -2.36. The van der Waals surface area contributed by atoms with Gasteiger partial charge in [0.15, 0.2) is 0 Å². The minimum absolute atomic E-state index is 0.185. The van der Waals surface area contributed by atoms with Crippen LogP contribution in [0.3, 0.4) is 0 Å². The van der Waals surface area contributed by atoms with Crippen molar-refractivity contribution in [1.82, 2.24) is 10.4 Å². The second kappa shape index (κ2) is 6.41. The van der Waals surface area contributed by atoms with Gasteiger partial charge in [0.25, 0.3) is 5.91 Å². The van der Waals surface area contributed by atoms with E-state index < -0.39 is 5.60 Å². The van der Waals surface area contributed by atoms with Crippen LogP contribution in [0.5, 0.6) is 0 Å². The summed E-state index contributed by atoms with van der Waals surface area (Å²) in [5, 5.41) is 1.92. The van der Waals surface area contributed by atoms with Crippen LogP contribution in [0.2, 0.25) is 0 Å². The fourth-order valence-corrected chi connectivity index (χ4v) is 3.63. The van der Waals surface area contributed by atoms with E-state index in [0.717, 1.165) is 32.1 Å². The molecule has 0 bridgehead atoms. The van der Waals surface area contributed by atoms with Gasteiger partial charge in [0.2, 0.25) is 0 Å². The molecule has 0 radical (unpaired) electrons. The largest absolute Gasteiger partial charge is 0.451 e. The third-order valence-electron chi connectivity index (χ3n) is 4.66. The zero-order valence-electron chi connectivity index (χ0n) is 14.4. The Morgan fingerprint density at radius 1 is 1.14 bits per heavy atom. The number of carbonyl (C=O) groups is 2. The minimum Gasteiger partial charge on any atom is -0.451 e. The van der Waals surface area contributed by atoms with Gasteiger partial charge in [-0.2, -0.15) is 0 Å². The van der Waals surface area contributed by atoms with E-state index in [-0.39, 0.29) is 24.0 Å². The number of carbonyl (C=O) groups excluding carboxylic acids is 2. The number of amides is 1. The maximum atomic E-state index is 12.9. The Morgan fingerprint density at radius 2 is 1.68 bits per heavy atom. The van der Waals surface area contributed by atoms with Gasteiger partial charge in [0, 0.05) is 17.7 Å². The van der Waals surface area contributed by atoms with Crippen molar-refractivity contribution in [2.24, 2.45) is 0 Å². The number of nitrogens with zero attached hydrogens (tertiary/aromatic N) is 1. The topological polar surface area (TPSA) is 58.6 Å². The summed E-state index contributed by atoms with van der Waals surface area (Å²) >= 11 is 0. The third-order valence-corrected chi connectivity index (χ3v) is 4.66. The molecule has 5 heteroatoms. The molecule has 1 fully saturated rings. The van der Waals surface area contributed by atoms with E-state index in [1.807, 2.05) is 32.7 Å². The van der Waals surface area contributed by atoms with Crippen LogP contribution in [0.1, 0.15) is 66.7 Å². The molecular formula is C17H28N2O3. The van der Waals surface area contributed by atoms with Crippen LogP contribution in [0.4, 0.5) is 0 Å². The predicted molar refractivity (Wildman–Crippen MR) is 84.9 cm³/mol. The van der Waals surface area contributed by atoms with E-state index in [2.05, 4.69) is 5.43 Å². The van der Waals surface area contributed by atoms with Crippen LogP contribution < -0.4 is 5.43 Å². The smallest absolute Gasteiger partial charge is 0.335 e. The van der Waals surface area contributed by atoms with Crippen LogP contribution in [-0.4, -0.2) is 34.6 Å². The Balaban J connectivity index is 2.27. The highest BCUT2D eigenvalue weighted by molar-refractivity contribution is 6.07. The zero-order valence-corrected chi connectivity index (χ0v) is 14.4. The van der Waals surface area contributed by atoms with Gasteiger partial charge in [-0.05, 0) is 60.3 Å². The van der Waals surface area contributed by atoms with Crippen molar-refractivity contribution < 1.29 is 14.3 Å². The number of hydrazine groups is 1. The molecule has 1 N–H and O–H groups in total. The predicted octanol–water partition coefficient (Wildman–Crippen LogP) is 2.71. The Hall–Kier alpha value is -1.36. The molecule has 0 aromatic heterocycles. The summed E-state index contributed by atoms with van der Waals surface area (Å²) in [7, 11) is 0. The standard InChI is InChI=1S/C17H28N2O3/c1-11(2)19(12(3)4)18-15(20)14-13(5)16(21)22-17(14)9-7-6-8-10-17/h11-12H,6-10H2,1-5H3,(H,18,20). The number of hydrogen-bond acceptors (Lipinski definition) is 4. The SMILES string of the molecule is CC1=C(C(=O)NN(C(C)C)C(C)C)C2(CCCCC2)OC1=O. The second-order valence-electron chi connectivity index (χ2n) is 6.98. The Bertz CT molecular complexity index is 480. The molecule has 0 aromatic rings. The first-order chi connectivity index (χ1) is 10.3. The summed E-state index contributed by atoms with van der Waals surface area (Å²) in [6.07, 6.45) is 4.63. The maximum absolute atomic E-state index is 12.9. The van der Waals surface area contributed by atoms with E-state index in [9.17, 15) is 9.59 Å². The molecule has 0 aromatic carbocycles. The Kier molecular flexibility index (Phi) is 4.95. The molecule has 1 spiro atoms. The van der Waals surface area contributed by atoms with Gasteiger partial charge in [-0.3, -0.25) is 10.2 Å². The summed E-state index contributed by atoms with van der Waals surface area (Å²) in [4.78, 5) is 24.9. The third kappa shape index (κ3) is 3.05. The van der Waals surface area contributed by atoms with Crippen molar-refractivity contribution in [2.75, 3.05) is 0 Å². The molecule has 22 heavy (non-hydrogen) atoms. The van der Waals surface area contributed by atoms with Gasteiger partial charge >= 0.3 is 5.97 Å². The minimum atomic E-state index is -0.691. The van der Waals surface area contributed by atoms with Gasteiger partial charge in [-0.15, -0.1) is 0 Å². The molecule has 5 nitrogen and oxygen atoms in total. The molecule has 1 amide bonds. The monoisotopic (exact) mass is 308 g/mol. The van der Waals surface area contributed by atoms with Crippen LogP contribution in [0.25, 0.3) is 0 Å². The number of esters is 1. The number of ether oxygens (including phenoxy) is 1. The van der Waals surface area contributed by atoms with Gasteiger partial charge in [0.1, 0.15) is 5.60 Å². The molecule has 0 unspecified atom stereocenters. The quantitative estimate of drug-likeness (QED) is 0.641. The van der Waals surface area contributed by atoms with Gasteiger partial charge in [-0.25, -0.2) is 9.80 Å². The first-order valence-corrected chi connectivity index (χ1v) is 8.32. The summed E-state index contributed by atoms with van der Waals surface area (Å²) in [5.74, 6) is -0.527. The molecule has 1 aliphatic heterocycles. The van der Waals surface area contributed by atoms with Crippen molar-refractivity contribution in [1.29, 1.82) is 0 Å². The second-order valence-corrected chi connectivity index (χ2v) is 6.98. The molecule has 2 rings (SSSR count). The maximum Gasteiger partial charge on any atom is 0.335 e. The van der Waals surface area contributed by atoms with Gasteiger partial charge in [-0.1, -0.05) is 6.42 Å². The molecule has 124 valence electrons. The molecule has 2 aliphatic rings. The van der Waals surface area contributed by atoms with Crippen molar-refractivity contribution >= 4 is 11.9 Å². The highest BCUT2D eigenvalue weighted by Crippen LogP contribution is 2.43. The molecule has 0 atom stereocenters. The molecular weight excluding hydrogens is 280 g/mol. The van der Waals surface area contributed by atoms with Crippen molar-refractivity contribution in [2.45, 2.75) is 84.4 Å². The first kappa shape index (κ1) is 17.0. The van der Waals surface area contributed by atoms with Crippen LogP contribution in [0.15, 0.2) is 11.1 Å². The highest BCUT2D eigenvalue weighted by atomic mass is 16.6. The van der Waals surface area contributed by atoms with Crippen LogP contribution >= 0.6 is 0 Å². The average Bonchev–Trinajstić information content (AvgIpc) is 2.67. The number of hydrogen-bond donors (Lipinski definition) is 1. The highest BCUT2D eigenvalue weighted by Gasteiger charge is 2.49. The van der Waals surface area contributed by atoms with E-state index >= 15 is 0 Å². The first-order valence-electron chi connectivity index (χ1n) is 8.32. The average molecular weight is 308 g/mol. The van der Waals surface area contributed by atoms with Crippen LogP contribution in [-0.2, 0) is 14.3 Å². The number of nitrogens with one attached hydrogen (secondary N) is 1. The van der Waals surface area contributed by atoms with E-state index in [4.69, 9.17) is 4.74 Å². The molecule has 1 saturated carbocycles. The lowest BCUT2D eigenvalue weighted by atomic mass is 9.78. The Morgan fingerprint density at radius 3 is 2.18 bits per heavy atom. The molecule has 0 saturated heterocycles. The van der Waals surface area contributed by atoms with Crippen molar-refractivity contribution in [3.8, 4) is 0 Å². The Labute approximate surface area is 133 Å². The zero-order chi connectivity index (χ0) is 16.5. The molecule has 1 aliphatic carbocycles. The van der Waals surface area contributed by atoms with Gasteiger partial charge < -0.3 is 4.74 Å². The van der Waals surface area contributed by atoms with Crippen molar-refractivity contribution in [3.05, 3.63) is 11.1 Å². The number of rotatable bonds is 4. The summed E-state index contributed by atoms with van der Waals surface area (Å²) < 4.78 is 5.65. The lowest BCUT2D eigenvalue weighted by Crippen LogP contribution is -2.52. The lowest BCUT2D eigenvalue weighted by molar-refractivity contribution is -0.149. The van der Waals surface area contributed by atoms with Crippen molar-refractivity contribution in [3.63, 3.8) is 0 Å². The van der Waals surface area contributed by atoms with E-state index in [0.29, 0.717) is 11.1 Å². The summed E-state index contributed by atoms with van der Waals surface area (Å²) in [6, 6.07) is 0.371. The fourth-order valence-electron chi connectivity index (χ4n) is 3.63. The molecule has 1 heterocycles. The van der Waals surface area contributed by atoms with E-state index in [1.54, 1.807) is 6.92 Å². The normalized spacial score (nSPS) is 21.2. The fraction of sp³-hybridized carbons (Fsp3) is 0.765. The van der Waals surface area contributed by atoms with Gasteiger partial charge in [0.05, 0.1) is 5.57 Å². The van der Waals surface area contributed by atoms with E-state index in [1.165, 1.54) is 0 Å². The summed E-state index contributed by atoms with van der Waals surface area (Å²) in [6.45, 7) is 9.85. The van der Waals surface area contributed by atoms with Crippen LogP contribution in [0, 0.1) is 0 Å². The summed E-state index contributed by atoms with van der Waals surface area (Å²) in [5.41, 5.74) is 3.30.